The van der Waals surface area contributed by atoms with Gasteiger partial charge < -0.3 is 4.74 Å². The molecule has 0 N–H and O–H groups in total. The Morgan fingerprint density at radius 3 is 2.18 bits per heavy atom. The fourth-order valence-electron chi connectivity index (χ4n) is 4.69. The SMILES string of the molecule is COc1c(C(C)(C)C)cc2c(c1-c1ccc(C)cc1C)C=C(C)C2[Si](C)(C)Cl. The molecule has 0 saturated heterocycles. The fraction of sp³-hybridized carbons (Fsp3) is 0.440. The molecule has 3 rings (SSSR count). The number of benzene rings is 2. The van der Waals surface area contributed by atoms with Crippen LogP contribution in [0.5, 0.6) is 5.75 Å². The number of aryl methyl sites for hydroxylation is 2. The monoisotopic (exact) mass is 412 g/mol. The van der Waals surface area contributed by atoms with Crippen LogP contribution in [0, 0.1) is 13.8 Å². The van der Waals surface area contributed by atoms with Crippen molar-refractivity contribution in [2.24, 2.45) is 0 Å². The van der Waals surface area contributed by atoms with Crippen LogP contribution in [0.3, 0.4) is 0 Å². The summed E-state index contributed by atoms with van der Waals surface area (Å²) in [6, 6.07) is 9.07. The molecule has 0 aliphatic heterocycles. The number of halogens is 1. The third kappa shape index (κ3) is 3.57. The summed E-state index contributed by atoms with van der Waals surface area (Å²) in [5.74, 6) is 0.997. The van der Waals surface area contributed by atoms with Crippen LogP contribution >= 0.6 is 11.1 Å². The van der Waals surface area contributed by atoms with Crippen molar-refractivity contribution in [1.82, 2.24) is 0 Å². The molecule has 1 aliphatic carbocycles. The van der Waals surface area contributed by atoms with Gasteiger partial charge in [0.05, 0.1) is 7.11 Å². The summed E-state index contributed by atoms with van der Waals surface area (Å²) in [7, 11) is -0.133. The van der Waals surface area contributed by atoms with Crippen LogP contribution in [0.15, 0.2) is 29.8 Å². The van der Waals surface area contributed by atoms with Gasteiger partial charge in [-0.1, -0.05) is 75.3 Å². The minimum atomic E-state index is -1.93. The molecule has 1 aliphatic rings. The average molecular weight is 413 g/mol. The molecule has 28 heavy (non-hydrogen) atoms. The zero-order valence-corrected chi connectivity index (χ0v) is 20.5. The molecular formula is C25H33ClOSi. The number of fused-ring (bicyclic) bond motifs is 1. The lowest BCUT2D eigenvalue weighted by atomic mass is 9.80. The number of hydrogen-bond donors (Lipinski definition) is 0. The average Bonchev–Trinajstić information content (AvgIpc) is 2.88. The standard InChI is InChI=1S/C25H33ClOSi/c1-15-10-11-18(16(2)12-15)22-19-13-17(3)24(28(8,9)26)20(19)14-21(23(22)27-7)25(4,5)6/h10-14,24H,1-9H3. The number of methoxy groups -OCH3 is 1. The highest BCUT2D eigenvalue weighted by Gasteiger charge is 2.40. The first-order valence-electron chi connectivity index (χ1n) is 10.1. The van der Waals surface area contributed by atoms with Gasteiger partial charge in [0.15, 0.2) is 7.38 Å². The van der Waals surface area contributed by atoms with E-state index in [2.05, 4.69) is 85.0 Å². The quantitative estimate of drug-likeness (QED) is 0.369. The maximum atomic E-state index is 7.02. The van der Waals surface area contributed by atoms with Crippen LogP contribution in [0.25, 0.3) is 17.2 Å². The van der Waals surface area contributed by atoms with Gasteiger partial charge in [0, 0.05) is 16.7 Å². The summed E-state index contributed by atoms with van der Waals surface area (Å²) in [4.78, 5) is 0. The van der Waals surface area contributed by atoms with Gasteiger partial charge in [0.1, 0.15) is 5.75 Å². The molecule has 1 atom stereocenters. The molecular weight excluding hydrogens is 380 g/mol. The second-order valence-corrected chi connectivity index (χ2v) is 16.4. The fourth-order valence-corrected chi connectivity index (χ4v) is 7.71. The van der Waals surface area contributed by atoms with Gasteiger partial charge in [-0.05, 0) is 48.4 Å². The van der Waals surface area contributed by atoms with Gasteiger partial charge in [-0.3, -0.25) is 0 Å². The highest BCUT2D eigenvalue weighted by Crippen LogP contribution is 2.52. The van der Waals surface area contributed by atoms with Crippen LogP contribution in [-0.2, 0) is 5.41 Å². The molecule has 2 aromatic rings. The van der Waals surface area contributed by atoms with E-state index < -0.39 is 7.38 Å². The first-order valence-corrected chi connectivity index (χ1v) is 14.1. The summed E-state index contributed by atoms with van der Waals surface area (Å²) in [5, 5.41) is 0. The van der Waals surface area contributed by atoms with E-state index in [1.807, 2.05) is 0 Å². The zero-order chi connectivity index (χ0) is 21.0. The predicted octanol–water partition coefficient (Wildman–Crippen LogP) is 7.76. The second kappa shape index (κ2) is 7.07. The van der Waals surface area contributed by atoms with Crippen molar-refractivity contribution in [1.29, 1.82) is 0 Å². The molecule has 0 fully saturated rings. The Morgan fingerprint density at radius 2 is 1.68 bits per heavy atom. The van der Waals surface area contributed by atoms with Crippen LogP contribution in [0.1, 0.15) is 61.1 Å². The zero-order valence-electron chi connectivity index (χ0n) is 18.8. The Labute approximate surface area is 176 Å². The van der Waals surface area contributed by atoms with Crippen molar-refractivity contribution in [3.05, 3.63) is 57.7 Å². The van der Waals surface area contributed by atoms with E-state index in [4.69, 9.17) is 15.8 Å². The minimum absolute atomic E-state index is 0.0211. The van der Waals surface area contributed by atoms with Crippen molar-refractivity contribution in [3.63, 3.8) is 0 Å². The van der Waals surface area contributed by atoms with Gasteiger partial charge in [-0.25, -0.2) is 0 Å². The Kier molecular flexibility index (Phi) is 5.35. The molecule has 0 spiro atoms. The third-order valence-corrected chi connectivity index (χ3v) is 8.63. The molecule has 1 unspecified atom stereocenters. The van der Waals surface area contributed by atoms with Crippen molar-refractivity contribution in [2.45, 2.75) is 65.6 Å². The van der Waals surface area contributed by atoms with Gasteiger partial charge >= 0.3 is 0 Å². The largest absolute Gasteiger partial charge is 0.496 e. The number of rotatable bonds is 3. The Bertz CT molecular complexity index is 958. The molecule has 2 aromatic carbocycles. The van der Waals surface area contributed by atoms with Crippen LogP contribution < -0.4 is 4.74 Å². The summed E-state index contributed by atoms with van der Waals surface area (Å²) < 4.78 is 6.07. The van der Waals surface area contributed by atoms with E-state index in [0.717, 1.165) is 5.75 Å². The topological polar surface area (TPSA) is 9.23 Å². The number of hydrogen-bond acceptors (Lipinski definition) is 1. The molecule has 150 valence electrons. The van der Waals surface area contributed by atoms with Crippen LogP contribution in [-0.4, -0.2) is 14.5 Å². The van der Waals surface area contributed by atoms with Gasteiger partial charge in [0.2, 0.25) is 0 Å². The first-order chi connectivity index (χ1) is 12.9. The van der Waals surface area contributed by atoms with Gasteiger partial charge in [-0.15, -0.1) is 0 Å². The molecule has 3 heteroatoms. The first kappa shape index (κ1) is 21.2. The Morgan fingerprint density at radius 1 is 1.04 bits per heavy atom. The van der Waals surface area contributed by atoms with Crippen molar-refractivity contribution in [2.75, 3.05) is 7.11 Å². The smallest absolute Gasteiger partial charge is 0.161 e. The summed E-state index contributed by atoms with van der Waals surface area (Å²) in [6.07, 6.45) is 2.35. The van der Waals surface area contributed by atoms with E-state index in [9.17, 15) is 0 Å². The van der Waals surface area contributed by atoms with Crippen molar-refractivity contribution < 1.29 is 4.74 Å². The normalized spacial score (nSPS) is 16.8. The summed E-state index contributed by atoms with van der Waals surface area (Å²) >= 11 is 7.02. The van der Waals surface area contributed by atoms with Gasteiger partial charge in [-0.2, -0.15) is 11.1 Å². The molecule has 1 nitrogen and oxygen atoms in total. The number of ether oxygens (including phenoxy) is 1. The van der Waals surface area contributed by atoms with Crippen molar-refractivity contribution in [3.8, 4) is 16.9 Å². The van der Waals surface area contributed by atoms with Gasteiger partial charge in [0.25, 0.3) is 0 Å². The highest BCUT2D eigenvalue weighted by atomic mass is 35.6. The lowest BCUT2D eigenvalue weighted by molar-refractivity contribution is 0.399. The summed E-state index contributed by atoms with van der Waals surface area (Å²) in [5.41, 5.74) is 10.7. The number of allylic oxidation sites excluding steroid dienone is 1. The molecule has 0 bridgehead atoms. The van der Waals surface area contributed by atoms with Crippen LogP contribution in [0.4, 0.5) is 0 Å². The van der Waals surface area contributed by atoms with E-state index >= 15 is 0 Å². The molecule has 0 amide bonds. The maximum absolute atomic E-state index is 7.02. The predicted molar refractivity (Wildman–Crippen MR) is 126 cm³/mol. The molecule has 0 radical (unpaired) electrons. The van der Waals surface area contributed by atoms with E-state index in [1.165, 1.54) is 44.5 Å². The molecule has 0 heterocycles. The molecule has 0 saturated carbocycles. The van der Waals surface area contributed by atoms with Crippen molar-refractivity contribution >= 4 is 24.5 Å². The lowest BCUT2D eigenvalue weighted by Crippen LogP contribution is -2.28. The highest BCUT2D eigenvalue weighted by molar-refractivity contribution is 7.20. The van der Waals surface area contributed by atoms with Crippen LogP contribution in [0.2, 0.25) is 13.1 Å². The third-order valence-electron chi connectivity index (χ3n) is 5.84. The second-order valence-electron chi connectivity index (χ2n) is 9.79. The summed E-state index contributed by atoms with van der Waals surface area (Å²) in [6.45, 7) is 17.9. The Hall–Kier alpha value is -1.51. The van der Waals surface area contributed by atoms with E-state index in [1.54, 1.807) is 7.11 Å². The minimum Gasteiger partial charge on any atom is -0.496 e. The maximum Gasteiger partial charge on any atom is 0.161 e. The Balaban J connectivity index is 2.46. The van der Waals surface area contributed by atoms with E-state index in [0.29, 0.717) is 5.54 Å². The lowest BCUT2D eigenvalue weighted by Gasteiger charge is -2.30. The molecule has 0 aromatic heterocycles. The van der Waals surface area contributed by atoms with E-state index in [-0.39, 0.29) is 5.41 Å².